The van der Waals surface area contributed by atoms with Gasteiger partial charge in [-0.25, -0.2) is 0 Å². The predicted octanol–water partition coefficient (Wildman–Crippen LogP) is 4.12. The zero-order valence-corrected chi connectivity index (χ0v) is 12.8. The van der Waals surface area contributed by atoms with E-state index < -0.39 is 0 Å². The van der Waals surface area contributed by atoms with Crippen LogP contribution in [0.1, 0.15) is 33.3 Å². The molecular weight excluding hydrogens is 246 g/mol. The minimum atomic E-state index is 0.302. The Morgan fingerprint density at radius 1 is 1.33 bits per heavy atom. The number of benzene rings is 1. The fourth-order valence-electron chi connectivity index (χ4n) is 1.55. The van der Waals surface area contributed by atoms with Crippen LogP contribution in [-0.2, 0) is 6.54 Å². The van der Waals surface area contributed by atoms with Crippen LogP contribution in [0.2, 0.25) is 5.02 Å². The molecule has 2 nitrogen and oxygen atoms in total. The molecule has 1 rings (SSSR count). The zero-order valence-electron chi connectivity index (χ0n) is 12.0. The van der Waals surface area contributed by atoms with Crippen molar-refractivity contribution in [2.24, 2.45) is 11.3 Å². The minimum Gasteiger partial charge on any atom is -0.495 e. The third-order valence-electron chi connectivity index (χ3n) is 3.69. The highest BCUT2D eigenvalue weighted by Gasteiger charge is 2.21. The molecule has 0 aliphatic heterocycles. The number of methoxy groups -OCH3 is 1. The van der Waals surface area contributed by atoms with Gasteiger partial charge in [-0.15, -0.1) is 0 Å². The molecule has 0 spiro atoms. The van der Waals surface area contributed by atoms with E-state index >= 15 is 0 Å². The fourth-order valence-corrected chi connectivity index (χ4v) is 1.83. The van der Waals surface area contributed by atoms with E-state index in [0.29, 0.717) is 16.4 Å². The van der Waals surface area contributed by atoms with Gasteiger partial charge in [-0.3, -0.25) is 0 Å². The van der Waals surface area contributed by atoms with Crippen LogP contribution in [0.15, 0.2) is 18.2 Å². The summed E-state index contributed by atoms with van der Waals surface area (Å²) in [5.74, 6) is 1.38. The second kappa shape index (κ2) is 6.44. The van der Waals surface area contributed by atoms with Crippen molar-refractivity contribution in [3.63, 3.8) is 0 Å². The molecule has 1 aromatic rings. The van der Waals surface area contributed by atoms with Gasteiger partial charge in [-0.2, -0.15) is 0 Å². The van der Waals surface area contributed by atoms with Crippen molar-refractivity contribution in [2.45, 2.75) is 34.2 Å². The van der Waals surface area contributed by atoms with Gasteiger partial charge >= 0.3 is 0 Å². The molecule has 1 aromatic carbocycles. The van der Waals surface area contributed by atoms with E-state index in [1.807, 2.05) is 18.2 Å². The lowest BCUT2D eigenvalue weighted by molar-refractivity contribution is 0.238. The molecule has 0 aliphatic rings. The van der Waals surface area contributed by atoms with Gasteiger partial charge in [0.05, 0.1) is 12.1 Å². The maximum Gasteiger partial charge on any atom is 0.137 e. The van der Waals surface area contributed by atoms with Gasteiger partial charge < -0.3 is 10.1 Å². The molecule has 0 radical (unpaired) electrons. The van der Waals surface area contributed by atoms with Crippen molar-refractivity contribution in [1.29, 1.82) is 0 Å². The number of hydrogen-bond donors (Lipinski definition) is 1. The Morgan fingerprint density at radius 2 is 2.00 bits per heavy atom. The van der Waals surface area contributed by atoms with Crippen LogP contribution in [0.25, 0.3) is 0 Å². The van der Waals surface area contributed by atoms with Gasteiger partial charge in [0.25, 0.3) is 0 Å². The maximum atomic E-state index is 6.10. The third kappa shape index (κ3) is 4.18. The first-order valence-corrected chi connectivity index (χ1v) is 6.77. The second-order valence-corrected chi connectivity index (χ2v) is 6.12. The number of rotatable bonds is 6. The second-order valence-electron chi connectivity index (χ2n) is 5.72. The third-order valence-corrected chi connectivity index (χ3v) is 3.98. The van der Waals surface area contributed by atoms with Crippen molar-refractivity contribution in [3.8, 4) is 5.75 Å². The summed E-state index contributed by atoms with van der Waals surface area (Å²) in [6.07, 6.45) is 0. The Balaban J connectivity index is 2.52. The molecule has 0 bridgehead atoms. The molecule has 0 fully saturated rings. The number of hydrogen-bond acceptors (Lipinski definition) is 2. The van der Waals surface area contributed by atoms with Gasteiger partial charge in [-0.1, -0.05) is 45.4 Å². The first-order valence-electron chi connectivity index (χ1n) is 6.40. The van der Waals surface area contributed by atoms with Crippen LogP contribution in [-0.4, -0.2) is 13.7 Å². The van der Waals surface area contributed by atoms with Crippen molar-refractivity contribution in [3.05, 3.63) is 28.8 Å². The summed E-state index contributed by atoms with van der Waals surface area (Å²) in [6, 6.07) is 5.91. The summed E-state index contributed by atoms with van der Waals surface area (Å²) >= 11 is 6.10. The molecule has 0 atom stereocenters. The molecule has 1 N–H and O–H groups in total. The average Bonchev–Trinajstić information content (AvgIpc) is 2.29. The van der Waals surface area contributed by atoms with Crippen LogP contribution in [0.4, 0.5) is 0 Å². The Bertz CT molecular complexity index is 388. The first-order chi connectivity index (χ1) is 8.36. The quantitative estimate of drug-likeness (QED) is 0.839. The topological polar surface area (TPSA) is 21.3 Å². The summed E-state index contributed by atoms with van der Waals surface area (Å²) in [5.41, 5.74) is 1.48. The van der Waals surface area contributed by atoms with Crippen molar-refractivity contribution < 1.29 is 4.74 Å². The van der Waals surface area contributed by atoms with E-state index in [2.05, 4.69) is 33.0 Å². The van der Waals surface area contributed by atoms with Crippen molar-refractivity contribution in [2.75, 3.05) is 13.7 Å². The smallest absolute Gasteiger partial charge is 0.137 e. The van der Waals surface area contributed by atoms with Crippen LogP contribution >= 0.6 is 11.6 Å². The van der Waals surface area contributed by atoms with Crippen molar-refractivity contribution in [1.82, 2.24) is 5.32 Å². The van der Waals surface area contributed by atoms with Crippen LogP contribution in [0, 0.1) is 11.3 Å². The monoisotopic (exact) mass is 269 g/mol. The molecule has 0 amide bonds. The lowest BCUT2D eigenvalue weighted by atomic mass is 9.81. The van der Waals surface area contributed by atoms with E-state index in [1.165, 1.54) is 5.56 Å². The van der Waals surface area contributed by atoms with Crippen molar-refractivity contribution >= 4 is 11.6 Å². The molecule has 102 valence electrons. The molecule has 0 saturated heterocycles. The first kappa shape index (κ1) is 15.3. The SMILES string of the molecule is COc1ccc(CNCC(C)(C)C(C)C)cc1Cl. The maximum absolute atomic E-state index is 6.10. The van der Waals surface area contributed by atoms with Crippen LogP contribution < -0.4 is 10.1 Å². The molecule has 0 aliphatic carbocycles. The highest BCUT2D eigenvalue weighted by molar-refractivity contribution is 6.32. The lowest BCUT2D eigenvalue weighted by Gasteiger charge is -2.29. The highest BCUT2D eigenvalue weighted by Crippen LogP contribution is 2.26. The van der Waals surface area contributed by atoms with Gasteiger partial charge in [0.1, 0.15) is 5.75 Å². The number of halogens is 1. The average molecular weight is 270 g/mol. The zero-order chi connectivity index (χ0) is 13.8. The van der Waals surface area contributed by atoms with E-state index in [-0.39, 0.29) is 0 Å². The minimum absolute atomic E-state index is 0.302. The summed E-state index contributed by atoms with van der Waals surface area (Å²) < 4.78 is 5.14. The summed E-state index contributed by atoms with van der Waals surface area (Å²) in [7, 11) is 1.63. The normalized spacial score (nSPS) is 11.9. The molecule has 0 unspecified atom stereocenters. The van der Waals surface area contributed by atoms with Gasteiger partial charge in [0, 0.05) is 13.1 Å². The molecule has 18 heavy (non-hydrogen) atoms. The lowest BCUT2D eigenvalue weighted by Crippen LogP contribution is -2.33. The van der Waals surface area contributed by atoms with E-state index in [1.54, 1.807) is 7.11 Å². The van der Waals surface area contributed by atoms with Gasteiger partial charge in [0.2, 0.25) is 0 Å². The summed E-state index contributed by atoms with van der Waals surface area (Å²) in [5, 5.41) is 4.16. The summed E-state index contributed by atoms with van der Waals surface area (Å²) in [4.78, 5) is 0. The summed E-state index contributed by atoms with van der Waals surface area (Å²) in [6.45, 7) is 10.9. The van der Waals surface area contributed by atoms with Crippen LogP contribution in [0.5, 0.6) is 5.75 Å². The molecule has 0 heterocycles. The molecule has 3 heteroatoms. The number of nitrogens with one attached hydrogen (secondary N) is 1. The highest BCUT2D eigenvalue weighted by atomic mass is 35.5. The van der Waals surface area contributed by atoms with Gasteiger partial charge in [-0.05, 0) is 29.0 Å². The Kier molecular flexibility index (Phi) is 5.48. The molecule has 0 saturated carbocycles. The van der Waals surface area contributed by atoms with E-state index in [9.17, 15) is 0 Å². The number of ether oxygens (including phenoxy) is 1. The van der Waals surface area contributed by atoms with Gasteiger partial charge in [0.15, 0.2) is 0 Å². The Labute approximate surface area is 116 Å². The standard InChI is InChI=1S/C15H24ClNO/c1-11(2)15(3,4)10-17-9-12-6-7-14(18-5)13(16)8-12/h6-8,11,17H,9-10H2,1-5H3. The molecule has 0 aromatic heterocycles. The predicted molar refractivity (Wildman–Crippen MR) is 78.3 cm³/mol. The van der Waals surface area contributed by atoms with E-state index in [0.717, 1.165) is 18.8 Å². The Morgan fingerprint density at radius 3 is 2.50 bits per heavy atom. The van der Waals surface area contributed by atoms with E-state index in [4.69, 9.17) is 16.3 Å². The van der Waals surface area contributed by atoms with Crippen LogP contribution in [0.3, 0.4) is 0 Å². The fraction of sp³-hybridized carbons (Fsp3) is 0.600. The molecular formula is C15H24ClNO. The Hall–Kier alpha value is -0.730. The largest absolute Gasteiger partial charge is 0.495 e.